The third-order valence-electron chi connectivity index (χ3n) is 9.96. The van der Waals surface area contributed by atoms with E-state index in [1.54, 1.807) is 6.33 Å². The minimum Gasteiger partial charge on any atom is -0.248 e. The molecule has 0 radical (unpaired) electrons. The average molecular weight is 562 g/mol. The van der Waals surface area contributed by atoms with Gasteiger partial charge in [-0.2, -0.15) is 0 Å². The predicted octanol–water partition coefficient (Wildman–Crippen LogP) is 9.35. The molecule has 6 aliphatic carbocycles. The molecule has 2 heterocycles. The number of benzene rings is 2. The van der Waals surface area contributed by atoms with Gasteiger partial charge in [-0.3, -0.25) is 0 Å². The van der Waals surface area contributed by atoms with Crippen molar-refractivity contribution >= 4 is 28.0 Å². The quantitative estimate of drug-likeness (QED) is 0.250. The van der Waals surface area contributed by atoms with E-state index >= 15 is 0 Å². The molecule has 0 spiro atoms. The minimum absolute atomic E-state index is 0.316. The Labute approximate surface area is 256 Å². The fraction of sp³-hybridized carbons (Fsp3) is 0.0976. The highest BCUT2D eigenvalue weighted by Crippen LogP contribution is 2.51. The van der Waals surface area contributed by atoms with Gasteiger partial charge in [-0.25, -0.2) is 15.0 Å². The third-order valence-corrected chi connectivity index (χ3v) is 9.96. The minimum atomic E-state index is 0.316. The Hall–Kier alpha value is -5.41. The van der Waals surface area contributed by atoms with Crippen LogP contribution < -0.4 is 0 Å². The average Bonchev–Trinajstić information content (AvgIpc) is 3.09. The smallest absolute Gasteiger partial charge is 0.115 e. The van der Waals surface area contributed by atoms with E-state index in [1.165, 1.54) is 66.5 Å². The van der Waals surface area contributed by atoms with E-state index in [0.29, 0.717) is 5.92 Å². The van der Waals surface area contributed by atoms with Crippen molar-refractivity contribution in [1.29, 1.82) is 0 Å². The summed E-state index contributed by atoms with van der Waals surface area (Å²) in [5.74, 6) is 0.316. The van der Waals surface area contributed by atoms with Crippen LogP contribution in [0.15, 0.2) is 144 Å². The summed E-state index contributed by atoms with van der Waals surface area (Å²) in [6.45, 7) is 0. The summed E-state index contributed by atoms with van der Waals surface area (Å²) < 4.78 is 0. The second kappa shape index (κ2) is 9.05. The lowest BCUT2D eigenvalue weighted by Crippen LogP contribution is -2.22. The largest absolute Gasteiger partial charge is 0.248 e. The molecule has 2 aromatic carbocycles. The van der Waals surface area contributed by atoms with Crippen LogP contribution in [0.5, 0.6) is 0 Å². The standard InChI is InChI=1S/C41H27N3/c1-4-24-11-13-28-14-16-32(34-17-15-26(5-1)38(24)41(28)34)37-20-30(19-36(44-37)31-21-42-23-43-22-31)35-18-29-8-2-6-25-10-12-27-7-3-9-33(35)40(27)39(25)29/h1-3,5-6,8-12,14-23,39H,4,7,13H2. The zero-order chi connectivity index (χ0) is 28.8. The molecular weight excluding hydrogens is 534 g/mol. The number of hydrogen-bond acceptors (Lipinski definition) is 3. The van der Waals surface area contributed by atoms with Crippen LogP contribution >= 0.6 is 0 Å². The zero-order valence-electron chi connectivity index (χ0n) is 24.1. The molecule has 10 rings (SSSR count). The lowest BCUT2D eigenvalue weighted by molar-refractivity contribution is 0.834. The molecule has 6 aliphatic rings. The first kappa shape index (κ1) is 24.1. The van der Waals surface area contributed by atoms with Gasteiger partial charge < -0.3 is 0 Å². The Morgan fingerprint density at radius 1 is 0.727 bits per heavy atom. The Balaban J connectivity index is 1.23. The van der Waals surface area contributed by atoms with Crippen molar-refractivity contribution in [3.8, 4) is 22.5 Å². The van der Waals surface area contributed by atoms with Crippen LogP contribution in [0.2, 0.25) is 0 Å². The Morgan fingerprint density at radius 2 is 1.61 bits per heavy atom. The molecule has 44 heavy (non-hydrogen) atoms. The number of nitrogens with zero attached hydrogens (tertiary/aromatic N) is 3. The molecule has 0 saturated carbocycles. The van der Waals surface area contributed by atoms with Crippen LogP contribution in [0.25, 0.3) is 50.5 Å². The van der Waals surface area contributed by atoms with Gasteiger partial charge >= 0.3 is 0 Å². The molecule has 0 amide bonds. The molecule has 0 aliphatic heterocycles. The van der Waals surface area contributed by atoms with Gasteiger partial charge in [0.05, 0.1) is 11.4 Å². The first-order valence-corrected chi connectivity index (χ1v) is 15.4. The molecule has 3 heteroatoms. The summed E-state index contributed by atoms with van der Waals surface area (Å²) in [7, 11) is 0. The summed E-state index contributed by atoms with van der Waals surface area (Å²) in [6.07, 6.45) is 33.7. The van der Waals surface area contributed by atoms with Crippen molar-refractivity contribution in [1.82, 2.24) is 15.0 Å². The predicted molar refractivity (Wildman–Crippen MR) is 179 cm³/mol. The van der Waals surface area contributed by atoms with Crippen LogP contribution in [-0.4, -0.2) is 15.0 Å². The van der Waals surface area contributed by atoms with E-state index in [1.807, 2.05) is 12.4 Å². The Bertz CT molecular complexity index is 2280. The summed E-state index contributed by atoms with van der Waals surface area (Å²) >= 11 is 0. The van der Waals surface area contributed by atoms with E-state index in [2.05, 4.69) is 113 Å². The highest BCUT2D eigenvalue weighted by atomic mass is 14.8. The fourth-order valence-corrected chi connectivity index (χ4v) is 8.01. The van der Waals surface area contributed by atoms with E-state index < -0.39 is 0 Å². The highest BCUT2D eigenvalue weighted by molar-refractivity contribution is 6.08. The third kappa shape index (κ3) is 3.41. The van der Waals surface area contributed by atoms with Crippen molar-refractivity contribution < 1.29 is 0 Å². The van der Waals surface area contributed by atoms with Gasteiger partial charge in [0, 0.05) is 29.4 Å². The van der Waals surface area contributed by atoms with Crippen molar-refractivity contribution in [3.05, 3.63) is 166 Å². The Kier molecular flexibility index (Phi) is 4.95. The van der Waals surface area contributed by atoms with Gasteiger partial charge in [0.15, 0.2) is 0 Å². The van der Waals surface area contributed by atoms with Crippen LogP contribution in [0.4, 0.5) is 0 Å². The van der Waals surface area contributed by atoms with E-state index in [-0.39, 0.29) is 0 Å². The molecule has 206 valence electrons. The summed E-state index contributed by atoms with van der Waals surface area (Å²) in [5, 5.41) is 2.65. The summed E-state index contributed by atoms with van der Waals surface area (Å²) in [5.41, 5.74) is 18.8. The molecule has 0 saturated heterocycles. The monoisotopic (exact) mass is 561 g/mol. The lowest BCUT2D eigenvalue weighted by atomic mass is 9.66. The number of hydrogen-bond donors (Lipinski definition) is 0. The molecule has 0 bridgehead atoms. The van der Waals surface area contributed by atoms with Crippen LogP contribution in [0, 0.1) is 5.92 Å². The first-order chi connectivity index (χ1) is 21.8. The van der Waals surface area contributed by atoms with Crippen LogP contribution in [0.3, 0.4) is 0 Å². The molecule has 2 aromatic heterocycles. The number of rotatable bonds is 3. The lowest BCUT2D eigenvalue weighted by Gasteiger charge is -2.37. The zero-order valence-corrected chi connectivity index (χ0v) is 24.1. The maximum absolute atomic E-state index is 5.31. The van der Waals surface area contributed by atoms with Crippen LogP contribution in [-0.2, 0) is 6.42 Å². The molecule has 0 N–H and O–H groups in total. The molecular formula is C41H27N3. The number of aromatic nitrogens is 3. The maximum atomic E-state index is 5.31. The van der Waals surface area contributed by atoms with E-state index in [4.69, 9.17) is 4.98 Å². The van der Waals surface area contributed by atoms with Gasteiger partial charge in [-0.1, -0.05) is 85.0 Å². The number of pyridine rings is 1. The summed E-state index contributed by atoms with van der Waals surface area (Å²) in [6, 6.07) is 13.7. The SMILES string of the molecule is C1=CC2=CC=C3CC=CC4=C3C2C(=C1)C=C4c1cc(-c2cncnc2)nc(-c2ccc3c4c5c(ccc24)C=CCC5=CC3)c1. The van der Waals surface area contributed by atoms with Crippen molar-refractivity contribution in [3.63, 3.8) is 0 Å². The van der Waals surface area contributed by atoms with Crippen molar-refractivity contribution in [2.24, 2.45) is 5.92 Å². The topological polar surface area (TPSA) is 38.7 Å². The van der Waals surface area contributed by atoms with Gasteiger partial charge in [-0.05, 0) is 110 Å². The van der Waals surface area contributed by atoms with Gasteiger partial charge in [0.25, 0.3) is 0 Å². The molecule has 1 unspecified atom stereocenters. The van der Waals surface area contributed by atoms with Crippen LogP contribution in [0.1, 0.15) is 35.1 Å². The van der Waals surface area contributed by atoms with E-state index in [9.17, 15) is 0 Å². The molecule has 0 fully saturated rings. The van der Waals surface area contributed by atoms with Gasteiger partial charge in [-0.15, -0.1) is 0 Å². The first-order valence-electron chi connectivity index (χ1n) is 15.4. The Morgan fingerprint density at radius 3 is 2.57 bits per heavy atom. The molecule has 1 atom stereocenters. The van der Waals surface area contributed by atoms with Gasteiger partial charge in [0.1, 0.15) is 6.33 Å². The second-order valence-electron chi connectivity index (χ2n) is 12.3. The number of allylic oxidation sites excluding steroid dienone is 17. The van der Waals surface area contributed by atoms with Crippen molar-refractivity contribution in [2.45, 2.75) is 19.3 Å². The molecule has 3 nitrogen and oxygen atoms in total. The van der Waals surface area contributed by atoms with Gasteiger partial charge in [0.2, 0.25) is 0 Å². The van der Waals surface area contributed by atoms with E-state index in [0.717, 1.165) is 47.3 Å². The highest BCUT2D eigenvalue weighted by Gasteiger charge is 2.35. The fourth-order valence-electron chi connectivity index (χ4n) is 8.01. The molecule has 4 aromatic rings. The summed E-state index contributed by atoms with van der Waals surface area (Å²) in [4.78, 5) is 14.0. The second-order valence-corrected chi connectivity index (χ2v) is 12.3. The normalized spacial score (nSPS) is 20.1. The maximum Gasteiger partial charge on any atom is 0.115 e. The van der Waals surface area contributed by atoms with Crippen molar-refractivity contribution in [2.75, 3.05) is 0 Å².